The highest BCUT2D eigenvalue weighted by atomic mass is 16.2. The van der Waals surface area contributed by atoms with Gasteiger partial charge in [0.25, 0.3) is 5.91 Å². The van der Waals surface area contributed by atoms with Crippen LogP contribution in [-0.2, 0) is 14.4 Å². The number of piperazine rings is 1. The number of amides is 3. The number of benzene rings is 1. The molecule has 0 saturated carbocycles. The average molecular weight is 541 g/mol. The lowest BCUT2D eigenvalue weighted by Gasteiger charge is -2.34. The summed E-state index contributed by atoms with van der Waals surface area (Å²) in [6.45, 7) is 8.96. The van der Waals surface area contributed by atoms with E-state index in [0.717, 1.165) is 38.3 Å². The van der Waals surface area contributed by atoms with E-state index in [9.17, 15) is 19.2 Å². The summed E-state index contributed by atoms with van der Waals surface area (Å²) in [5.74, 6) is -0.417. The van der Waals surface area contributed by atoms with Crippen molar-refractivity contribution >= 4 is 29.2 Å². The van der Waals surface area contributed by atoms with Crippen LogP contribution in [0.2, 0.25) is 0 Å². The number of Topliss-reactive ketones (excluding diaryl/α,β-unsaturated/α-hetero) is 1. The molecule has 10 heteroatoms. The molecule has 4 rings (SSSR count). The van der Waals surface area contributed by atoms with Crippen molar-refractivity contribution in [3.63, 3.8) is 0 Å². The molecule has 4 atom stereocenters. The van der Waals surface area contributed by atoms with E-state index in [-0.39, 0.29) is 42.0 Å². The molecule has 3 N–H and O–H groups in total. The minimum atomic E-state index is -0.601. The molecule has 10 nitrogen and oxygen atoms in total. The highest BCUT2D eigenvalue weighted by molar-refractivity contribution is 5.98. The summed E-state index contributed by atoms with van der Waals surface area (Å²) in [6.07, 6.45) is 2.94. The molecule has 3 amide bonds. The Labute approximate surface area is 231 Å². The van der Waals surface area contributed by atoms with Gasteiger partial charge in [-0.05, 0) is 56.5 Å². The third-order valence-electron chi connectivity index (χ3n) is 8.39. The van der Waals surface area contributed by atoms with Crippen molar-refractivity contribution in [1.29, 1.82) is 0 Å². The van der Waals surface area contributed by atoms with E-state index in [1.165, 1.54) is 0 Å². The molecule has 0 bridgehead atoms. The molecule has 0 spiro atoms. The predicted octanol–water partition coefficient (Wildman–Crippen LogP) is 1.09. The number of nitrogens with one attached hydrogen (secondary N) is 1. The van der Waals surface area contributed by atoms with Crippen LogP contribution < -0.4 is 16.0 Å². The summed E-state index contributed by atoms with van der Waals surface area (Å²) < 4.78 is 0. The minimum Gasteiger partial charge on any atom is -0.369 e. The number of hydrogen-bond donors (Lipinski definition) is 2. The number of likely N-dealkylation sites (tertiary alicyclic amines) is 2. The second-order valence-corrected chi connectivity index (χ2v) is 11.4. The highest BCUT2D eigenvalue weighted by Crippen LogP contribution is 2.31. The number of nitrogens with two attached hydrogens (primary N) is 1. The van der Waals surface area contributed by atoms with Gasteiger partial charge in [-0.25, -0.2) is 0 Å². The van der Waals surface area contributed by atoms with Gasteiger partial charge in [0.1, 0.15) is 6.04 Å². The lowest BCUT2D eigenvalue weighted by Crippen LogP contribution is -2.48. The van der Waals surface area contributed by atoms with Crippen molar-refractivity contribution in [2.45, 2.75) is 64.1 Å². The molecule has 0 aromatic heterocycles. The number of carbonyl (C=O) groups excluding carboxylic acids is 4. The molecular weight excluding hydrogens is 496 g/mol. The van der Waals surface area contributed by atoms with Crippen LogP contribution in [0.15, 0.2) is 24.3 Å². The molecule has 3 saturated heterocycles. The SMILES string of the molecule is CCCC(N)C(=O)N1CC(=O)C2C1CCN2C(=O)CC(C)CCNC(=O)c1ccc(N2CCN(C)CC2)cc1. The molecule has 1 aromatic rings. The second kappa shape index (κ2) is 12.9. The first kappa shape index (κ1) is 29.0. The van der Waals surface area contributed by atoms with E-state index < -0.39 is 12.1 Å². The average Bonchev–Trinajstić information content (AvgIpc) is 3.50. The lowest BCUT2D eigenvalue weighted by molar-refractivity contribution is -0.137. The quantitative estimate of drug-likeness (QED) is 0.456. The number of carbonyl (C=O) groups is 4. The molecular formula is C29H44N6O4. The largest absolute Gasteiger partial charge is 0.369 e. The molecule has 39 heavy (non-hydrogen) atoms. The first-order valence-corrected chi connectivity index (χ1v) is 14.4. The van der Waals surface area contributed by atoms with Crippen molar-refractivity contribution < 1.29 is 19.2 Å². The minimum absolute atomic E-state index is 0.0350. The normalized spacial score (nSPS) is 23.1. The third-order valence-corrected chi connectivity index (χ3v) is 8.39. The first-order valence-electron chi connectivity index (χ1n) is 14.4. The number of anilines is 1. The van der Waals surface area contributed by atoms with Crippen LogP contribution >= 0.6 is 0 Å². The maximum Gasteiger partial charge on any atom is 0.251 e. The molecule has 214 valence electrons. The highest BCUT2D eigenvalue weighted by Gasteiger charge is 2.51. The Kier molecular flexibility index (Phi) is 9.61. The summed E-state index contributed by atoms with van der Waals surface area (Å²) in [7, 11) is 2.13. The zero-order valence-electron chi connectivity index (χ0n) is 23.6. The van der Waals surface area contributed by atoms with Crippen molar-refractivity contribution in [3.8, 4) is 0 Å². The van der Waals surface area contributed by atoms with Crippen molar-refractivity contribution in [2.24, 2.45) is 11.7 Å². The Morgan fingerprint density at radius 3 is 2.38 bits per heavy atom. The smallest absolute Gasteiger partial charge is 0.251 e. The van der Waals surface area contributed by atoms with Gasteiger partial charge in [-0.1, -0.05) is 20.3 Å². The third kappa shape index (κ3) is 6.78. The van der Waals surface area contributed by atoms with E-state index in [4.69, 9.17) is 5.73 Å². The second-order valence-electron chi connectivity index (χ2n) is 11.4. The van der Waals surface area contributed by atoms with Crippen LogP contribution in [0.5, 0.6) is 0 Å². The zero-order valence-corrected chi connectivity index (χ0v) is 23.6. The number of fused-ring (bicyclic) bond motifs is 1. The van der Waals surface area contributed by atoms with E-state index in [2.05, 4.69) is 22.2 Å². The fourth-order valence-electron chi connectivity index (χ4n) is 5.98. The monoisotopic (exact) mass is 540 g/mol. The van der Waals surface area contributed by atoms with Crippen LogP contribution in [0.4, 0.5) is 5.69 Å². The summed E-state index contributed by atoms with van der Waals surface area (Å²) in [5, 5.41) is 2.97. The molecule has 3 fully saturated rings. The van der Waals surface area contributed by atoms with Gasteiger partial charge in [0.05, 0.1) is 18.6 Å². The Hall–Kier alpha value is -2.98. The Balaban J connectivity index is 1.21. The summed E-state index contributed by atoms with van der Waals surface area (Å²) in [6, 6.07) is 6.30. The number of ketones is 1. The van der Waals surface area contributed by atoms with Gasteiger partial charge in [-0.3, -0.25) is 19.2 Å². The predicted molar refractivity (Wildman–Crippen MR) is 150 cm³/mol. The molecule has 4 unspecified atom stereocenters. The number of rotatable bonds is 10. The Morgan fingerprint density at radius 2 is 1.72 bits per heavy atom. The lowest BCUT2D eigenvalue weighted by atomic mass is 10.0. The number of nitrogens with zero attached hydrogens (tertiary/aromatic N) is 4. The first-order chi connectivity index (χ1) is 18.7. The van der Waals surface area contributed by atoms with Crippen LogP contribution in [0, 0.1) is 5.92 Å². The molecule has 3 aliphatic heterocycles. The fraction of sp³-hybridized carbons (Fsp3) is 0.655. The van der Waals surface area contributed by atoms with Gasteiger partial charge in [-0.15, -0.1) is 0 Å². The molecule has 0 radical (unpaired) electrons. The number of hydrogen-bond acceptors (Lipinski definition) is 7. The topological polar surface area (TPSA) is 119 Å². The maximum absolute atomic E-state index is 13.1. The van der Waals surface area contributed by atoms with Crippen LogP contribution in [0.25, 0.3) is 0 Å². The van der Waals surface area contributed by atoms with E-state index in [1.54, 1.807) is 9.80 Å². The Bertz CT molecular complexity index is 1040. The van der Waals surface area contributed by atoms with Gasteiger partial charge in [0.2, 0.25) is 11.8 Å². The van der Waals surface area contributed by atoms with Crippen molar-refractivity contribution in [1.82, 2.24) is 20.0 Å². The van der Waals surface area contributed by atoms with Crippen LogP contribution in [0.1, 0.15) is 56.3 Å². The van der Waals surface area contributed by atoms with Crippen molar-refractivity contribution in [2.75, 3.05) is 57.8 Å². The van der Waals surface area contributed by atoms with Gasteiger partial charge < -0.3 is 30.7 Å². The maximum atomic E-state index is 13.1. The number of likely N-dealkylation sites (N-methyl/N-ethyl adjacent to an activating group) is 1. The standard InChI is InChI=1S/C29H44N6O4/c1-4-5-23(30)29(39)35-19-25(36)27-24(35)11-13-34(27)26(37)18-20(2)10-12-31-28(38)21-6-8-22(9-7-21)33-16-14-32(3)15-17-33/h6-9,20,23-24,27H,4-5,10-19,30H2,1-3H3,(H,31,38). The molecule has 3 heterocycles. The fourth-order valence-corrected chi connectivity index (χ4v) is 5.98. The van der Waals surface area contributed by atoms with E-state index >= 15 is 0 Å². The van der Waals surface area contributed by atoms with E-state index in [1.807, 2.05) is 38.1 Å². The Morgan fingerprint density at radius 1 is 1.03 bits per heavy atom. The van der Waals surface area contributed by atoms with Gasteiger partial charge in [-0.2, -0.15) is 0 Å². The zero-order chi connectivity index (χ0) is 28.1. The van der Waals surface area contributed by atoms with Crippen molar-refractivity contribution in [3.05, 3.63) is 29.8 Å². The summed E-state index contributed by atoms with van der Waals surface area (Å²) in [5.41, 5.74) is 7.78. The van der Waals surface area contributed by atoms with Gasteiger partial charge in [0, 0.05) is 56.9 Å². The van der Waals surface area contributed by atoms with Crippen LogP contribution in [0.3, 0.4) is 0 Å². The van der Waals surface area contributed by atoms with E-state index in [0.29, 0.717) is 44.3 Å². The van der Waals surface area contributed by atoms with Crippen LogP contribution in [-0.4, -0.2) is 109 Å². The molecule has 3 aliphatic rings. The molecule has 0 aliphatic carbocycles. The van der Waals surface area contributed by atoms with Gasteiger partial charge in [0.15, 0.2) is 5.78 Å². The molecule has 1 aromatic carbocycles. The summed E-state index contributed by atoms with van der Waals surface area (Å²) >= 11 is 0. The summed E-state index contributed by atoms with van der Waals surface area (Å²) in [4.78, 5) is 59.2. The van der Waals surface area contributed by atoms with Gasteiger partial charge >= 0.3 is 0 Å².